The first-order valence-electron chi connectivity index (χ1n) is 20.2. The summed E-state index contributed by atoms with van der Waals surface area (Å²) in [5, 5.41) is 0. The SMILES string of the molecule is CN1c2ccccc2Sc2ccc(/C=C/c3ccc4c(c3)C3(c5ccccc5-c5ccccc53)c3c[si](/C=C/c5ccc6c(c5)N(C)c5ccccc5S6)ccc3-4)cc21. The van der Waals surface area contributed by atoms with E-state index in [-0.39, 0.29) is 5.41 Å². The first-order chi connectivity index (χ1) is 29.0. The Morgan fingerprint density at radius 3 is 1.53 bits per heavy atom. The van der Waals surface area contributed by atoms with E-state index in [4.69, 9.17) is 0 Å². The molecule has 59 heavy (non-hydrogen) atoms. The zero-order chi connectivity index (χ0) is 39.2. The molecular weight excluding hydrogens is 769 g/mol. The van der Waals surface area contributed by atoms with Crippen molar-refractivity contribution in [1.82, 2.24) is 0 Å². The molecule has 12 rings (SSSR count). The van der Waals surface area contributed by atoms with Crippen LogP contribution in [0.15, 0.2) is 189 Å². The lowest BCUT2D eigenvalue weighted by Gasteiger charge is -2.31. The van der Waals surface area contributed by atoms with Crippen molar-refractivity contribution < 1.29 is 0 Å². The summed E-state index contributed by atoms with van der Waals surface area (Å²) < 4.78 is 0. The maximum absolute atomic E-state index is 2.64. The van der Waals surface area contributed by atoms with Crippen molar-refractivity contribution in [3.05, 3.63) is 208 Å². The summed E-state index contributed by atoms with van der Waals surface area (Å²) in [4.78, 5) is 9.85. The summed E-state index contributed by atoms with van der Waals surface area (Å²) in [6.45, 7) is 0. The lowest BCUT2D eigenvalue weighted by atomic mass is 9.71. The Bertz CT molecular complexity index is 2920. The van der Waals surface area contributed by atoms with Crippen molar-refractivity contribution in [2.24, 2.45) is 0 Å². The highest BCUT2D eigenvalue weighted by atomic mass is 32.2. The minimum Gasteiger partial charge on any atom is -0.343 e. The molecule has 0 unspecified atom stereocenters. The van der Waals surface area contributed by atoms with Crippen LogP contribution in [0.1, 0.15) is 38.9 Å². The fourth-order valence-electron chi connectivity index (χ4n) is 9.88. The van der Waals surface area contributed by atoms with Crippen LogP contribution in [0.2, 0.25) is 0 Å². The molecule has 0 N–H and O–H groups in total. The van der Waals surface area contributed by atoms with Gasteiger partial charge in [-0.3, -0.25) is 0 Å². The lowest BCUT2D eigenvalue weighted by molar-refractivity contribution is 0.795. The summed E-state index contributed by atoms with van der Waals surface area (Å²) in [6, 6.07) is 59.0. The van der Waals surface area contributed by atoms with E-state index in [2.05, 4.69) is 217 Å². The summed E-state index contributed by atoms with van der Waals surface area (Å²) in [5.41, 5.74) is 26.8. The fraction of sp³-hybridized carbons (Fsp3) is 0.0556. The van der Waals surface area contributed by atoms with Crippen LogP contribution in [0.3, 0.4) is 0 Å². The van der Waals surface area contributed by atoms with Crippen LogP contribution >= 0.6 is 23.5 Å². The van der Waals surface area contributed by atoms with Crippen LogP contribution < -0.4 is 9.80 Å². The molecule has 2 aliphatic carbocycles. The number of benzene rings is 7. The van der Waals surface area contributed by atoms with Crippen LogP contribution in [0.25, 0.3) is 46.2 Å². The van der Waals surface area contributed by atoms with E-state index < -0.39 is 8.40 Å². The third-order valence-electron chi connectivity index (χ3n) is 12.7. The zero-order valence-electron chi connectivity index (χ0n) is 32.7. The van der Waals surface area contributed by atoms with Gasteiger partial charge in [-0.2, -0.15) is 0 Å². The van der Waals surface area contributed by atoms with Crippen LogP contribution in [0.4, 0.5) is 22.7 Å². The molecule has 7 aromatic carbocycles. The molecule has 0 saturated heterocycles. The van der Waals surface area contributed by atoms with Crippen LogP contribution in [-0.4, -0.2) is 22.5 Å². The molecule has 2 aliphatic heterocycles. The van der Waals surface area contributed by atoms with Crippen LogP contribution in [-0.2, 0) is 5.41 Å². The molecule has 0 bridgehead atoms. The number of para-hydroxylation sites is 2. The molecule has 1 aromatic heterocycles. The number of hydrogen-bond donors (Lipinski definition) is 0. The Hall–Kier alpha value is -6.11. The molecule has 0 radical (unpaired) electrons. The first kappa shape index (κ1) is 34.9. The van der Waals surface area contributed by atoms with Gasteiger partial charge in [0.05, 0.1) is 36.6 Å². The number of hydrogen-bond acceptors (Lipinski definition) is 4. The summed E-state index contributed by atoms with van der Waals surface area (Å²) in [5.74, 6) is 0. The molecule has 3 heterocycles. The molecule has 8 aromatic rings. The number of rotatable bonds is 4. The second kappa shape index (κ2) is 13.5. The normalized spacial score (nSPS) is 14.7. The Morgan fingerprint density at radius 1 is 0.424 bits per heavy atom. The molecule has 2 nitrogen and oxygen atoms in total. The average molecular weight is 807 g/mol. The van der Waals surface area contributed by atoms with Crippen molar-refractivity contribution in [2.75, 3.05) is 23.9 Å². The molecule has 5 heteroatoms. The van der Waals surface area contributed by atoms with Crippen molar-refractivity contribution in [3.63, 3.8) is 0 Å². The van der Waals surface area contributed by atoms with Crippen LogP contribution in [0, 0.1) is 0 Å². The van der Waals surface area contributed by atoms with Gasteiger partial charge < -0.3 is 9.80 Å². The molecule has 0 fully saturated rings. The predicted molar refractivity (Wildman–Crippen MR) is 253 cm³/mol. The maximum Gasteiger partial charge on any atom is 0.0722 e. The van der Waals surface area contributed by atoms with E-state index in [0.717, 1.165) is 0 Å². The number of nitrogens with zero attached hydrogens (tertiary/aromatic N) is 2. The molecule has 4 aliphatic rings. The van der Waals surface area contributed by atoms with E-state index >= 15 is 0 Å². The van der Waals surface area contributed by atoms with Gasteiger partial charge in [-0.05, 0) is 116 Å². The van der Waals surface area contributed by atoms with E-state index in [1.807, 2.05) is 23.5 Å². The molecule has 0 saturated carbocycles. The van der Waals surface area contributed by atoms with Gasteiger partial charge in [-0.15, -0.1) is 0 Å². The van der Waals surface area contributed by atoms with Crippen LogP contribution in [0.5, 0.6) is 0 Å². The van der Waals surface area contributed by atoms with Gasteiger partial charge in [0, 0.05) is 33.7 Å². The number of fused-ring (bicyclic) bond motifs is 14. The maximum atomic E-state index is 2.64. The summed E-state index contributed by atoms with van der Waals surface area (Å²) in [7, 11) is 3.23. The summed E-state index contributed by atoms with van der Waals surface area (Å²) >= 11 is 3.71. The highest BCUT2D eigenvalue weighted by molar-refractivity contribution is 8.00. The zero-order valence-corrected chi connectivity index (χ0v) is 35.3. The second-order valence-electron chi connectivity index (χ2n) is 15.8. The molecular formula is C54H38N2S2Si. The van der Waals surface area contributed by atoms with E-state index in [0.29, 0.717) is 0 Å². The Kier molecular flexibility index (Phi) is 7.96. The topological polar surface area (TPSA) is 6.48 Å². The van der Waals surface area contributed by atoms with Gasteiger partial charge in [0.2, 0.25) is 0 Å². The lowest BCUT2D eigenvalue weighted by Crippen LogP contribution is -2.26. The minimum atomic E-state index is -1.13. The summed E-state index contributed by atoms with van der Waals surface area (Å²) in [6.07, 6.45) is 6.93. The Labute approximate surface area is 355 Å². The highest BCUT2D eigenvalue weighted by Gasteiger charge is 2.51. The molecule has 0 amide bonds. The van der Waals surface area contributed by atoms with Gasteiger partial charge >= 0.3 is 0 Å². The van der Waals surface area contributed by atoms with Crippen molar-refractivity contribution >= 4 is 78.6 Å². The minimum absolute atomic E-state index is 0.380. The van der Waals surface area contributed by atoms with Gasteiger partial charge in [-0.25, -0.2) is 0 Å². The second-order valence-corrected chi connectivity index (χ2v) is 20.0. The van der Waals surface area contributed by atoms with Crippen molar-refractivity contribution in [3.8, 4) is 22.3 Å². The van der Waals surface area contributed by atoms with Gasteiger partial charge in [0.25, 0.3) is 0 Å². The monoisotopic (exact) mass is 806 g/mol. The first-order valence-corrected chi connectivity index (χ1v) is 23.6. The fourth-order valence-corrected chi connectivity index (χ4v) is 13.9. The predicted octanol–water partition coefficient (Wildman–Crippen LogP) is 14.3. The third-order valence-corrected chi connectivity index (χ3v) is 16.6. The van der Waals surface area contributed by atoms with Crippen molar-refractivity contribution in [2.45, 2.75) is 25.0 Å². The van der Waals surface area contributed by atoms with Gasteiger partial charge in [-0.1, -0.05) is 162 Å². The smallest absolute Gasteiger partial charge is 0.0722 e. The van der Waals surface area contributed by atoms with E-state index in [9.17, 15) is 0 Å². The van der Waals surface area contributed by atoms with E-state index in [1.54, 1.807) is 0 Å². The van der Waals surface area contributed by atoms with Crippen molar-refractivity contribution in [1.29, 1.82) is 0 Å². The standard InChI is InChI=1S/C54H38N2S2Si/c1-55-46-15-7-9-17-50(46)57-52-25-22-36(32-48(52)55)20-19-35-21-24-40-41-28-30-59(29-27-37-23-26-53-49(33-37)56(2)47-16-8-10-18-51(47)58-53)34-45(41)54(44(40)31-35)42-13-5-3-11-38(42)39-12-4-6-14-43(39)54/h3-34H,1-2H3/b20-19+,29-27+. The Balaban J connectivity index is 0.940. The number of anilines is 4. The van der Waals surface area contributed by atoms with Gasteiger partial charge in [0.1, 0.15) is 0 Å². The molecule has 280 valence electrons. The largest absolute Gasteiger partial charge is 0.343 e. The molecule has 1 spiro atoms. The van der Waals surface area contributed by atoms with Gasteiger partial charge in [0.15, 0.2) is 0 Å². The molecule has 0 atom stereocenters. The average Bonchev–Trinajstić information content (AvgIpc) is 3.74. The Morgan fingerprint density at radius 2 is 0.898 bits per heavy atom. The highest BCUT2D eigenvalue weighted by Crippen LogP contribution is 2.63. The third kappa shape index (κ3) is 5.31. The quantitative estimate of drug-likeness (QED) is 0.129. The van der Waals surface area contributed by atoms with E-state index in [1.165, 1.54) is 104 Å².